The molecule has 1 heterocycles. The maximum absolute atomic E-state index is 12.2. The van der Waals surface area contributed by atoms with E-state index in [4.69, 9.17) is 9.47 Å². The van der Waals surface area contributed by atoms with Crippen LogP contribution in [0.4, 0.5) is 14.5 Å². The number of thioether (sulfide) groups is 1. The Labute approximate surface area is 136 Å². The Hall–Kier alpha value is -1.67. The lowest BCUT2D eigenvalue weighted by atomic mass is 10.2. The molecule has 1 aliphatic heterocycles. The molecule has 1 aromatic rings. The predicted molar refractivity (Wildman–Crippen MR) is 81.5 cm³/mol. The summed E-state index contributed by atoms with van der Waals surface area (Å²) in [6, 6.07) is 5.99. The number of nitrogens with one attached hydrogen (secondary N) is 1. The van der Waals surface area contributed by atoms with Gasteiger partial charge in [-0.05, 0) is 44.0 Å². The van der Waals surface area contributed by atoms with E-state index in [-0.39, 0.29) is 0 Å². The second-order valence-corrected chi connectivity index (χ2v) is 6.04. The van der Waals surface area contributed by atoms with Gasteiger partial charge in [0, 0.05) is 17.2 Å². The summed E-state index contributed by atoms with van der Waals surface area (Å²) in [5.41, 5.74) is 0.439. The van der Waals surface area contributed by atoms with Crippen LogP contribution in [-0.4, -0.2) is 36.4 Å². The molecular formula is C15H17F2NO4S. The van der Waals surface area contributed by atoms with Crippen LogP contribution in [0.5, 0.6) is 0 Å². The smallest absolute Gasteiger partial charge is 0.336 e. The van der Waals surface area contributed by atoms with Crippen molar-refractivity contribution in [1.29, 1.82) is 0 Å². The molecular weight excluding hydrogens is 328 g/mol. The minimum Gasteiger partial charge on any atom is -0.451 e. The summed E-state index contributed by atoms with van der Waals surface area (Å²) in [7, 11) is 0. The van der Waals surface area contributed by atoms with Crippen molar-refractivity contribution in [2.24, 2.45) is 0 Å². The average molecular weight is 345 g/mol. The number of carbonyl (C=O) groups is 2. The lowest BCUT2D eigenvalue weighted by Crippen LogP contribution is -2.33. The average Bonchev–Trinajstić information content (AvgIpc) is 3.03. The van der Waals surface area contributed by atoms with Crippen LogP contribution in [0.2, 0.25) is 0 Å². The lowest BCUT2D eigenvalue weighted by Gasteiger charge is -2.16. The van der Waals surface area contributed by atoms with Crippen molar-refractivity contribution in [3.63, 3.8) is 0 Å². The third-order valence-electron chi connectivity index (χ3n) is 3.20. The topological polar surface area (TPSA) is 64.6 Å². The predicted octanol–water partition coefficient (Wildman–Crippen LogP) is 3.05. The zero-order chi connectivity index (χ0) is 16.8. The van der Waals surface area contributed by atoms with Gasteiger partial charge in [-0.1, -0.05) is 11.8 Å². The molecule has 2 rings (SSSR count). The van der Waals surface area contributed by atoms with Crippen LogP contribution in [0.15, 0.2) is 29.2 Å². The molecule has 0 aliphatic carbocycles. The molecule has 8 heteroatoms. The molecule has 0 aromatic heterocycles. The van der Waals surface area contributed by atoms with Crippen LogP contribution in [0.25, 0.3) is 0 Å². The van der Waals surface area contributed by atoms with Gasteiger partial charge in [-0.25, -0.2) is 4.79 Å². The second-order valence-electron chi connectivity index (χ2n) is 4.97. The Bertz CT molecular complexity index is 547. The Kier molecular flexibility index (Phi) is 6.35. The van der Waals surface area contributed by atoms with Crippen molar-refractivity contribution in [2.75, 3.05) is 11.9 Å². The van der Waals surface area contributed by atoms with Crippen LogP contribution < -0.4 is 5.32 Å². The summed E-state index contributed by atoms with van der Waals surface area (Å²) in [5, 5.41) is 2.56. The minimum atomic E-state index is -2.49. The fourth-order valence-corrected chi connectivity index (χ4v) is 2.53. The standard InChI is InChI=1S/C15H17F2NO4S/c1-9(22-14(20)12-3-2-8-21-12)13(19)18-10-4-6-11(7-5-10)23-15(16)17/h4-7,9,12,15H,2-3,8H2,1H3,(H,18,19)/t9-,12+/m0/s1. The first kappa shape index (κ1) is 17.7. The van der Waals surface area contributed by atoms with Gasteiger partial charge in [-0.15, -0.1) is 0 Å². The number of hydrogen-bond acceptors (Lipinski definition) is 5. The molecule has 23 heavy (non-hydrogen) atoms. The van der Waals surface area contributed by atoms with Gasteiger partial charge < -0.3 is 14.8 Å². The SMILES string of the molecule is C[C@H](OC(=O)[C@H]1CCCO1)C(=O)Nc1ccc(SC(F)F)cc1. The van der Waals surface area contributed by atoms with Crippen LogP contribution in [0, 0.1) is 0 Å². The van der Waals surface area contributed by atoms with E-state index in [1.807, 2.05) is 0 Å². The molecule has 0 spiro atoms. The third-order valence-corrected chi connectivity index (χ3v) is 3.92. The first-order valence-electron chi connectivity index (χ1n) is 7.13. The molecule has 5 nitrogen and oxygen atoms in total. The molecule has 0 unspecified atom stereocenters. The second kappa shape index (κ2) is 8.26. The normalized spacial score (nSPS) is 18.7. The summed E-state index contributed by atoms with van der Waals surface area (Å²) in [6.07, 6.45) is -0.183. The zero-order valence-electron chi connectivity index (χ0n) is 12.5. The summed E-state index contributed by atoms with van der Waals surface area (Å²) >= 11 is 0.426. The van der Waals surface area contributed by atoms with E-state index in [1.54, 1.807) is 0 Å². The molecule has 1 saturated heterocycles. The van der Waals surface area contributed by atoms with Crippen molar-refractivity contribution in [3.05, 3.63) is 24.3 Å². The van der Waals surface area contributed by atoms with Crippen molar-refractivity contribution in [1.82, 2.24) is 0 Å². The number of amides is 1. The fourth-order valence-electron chi connectivity index (χ4n) is 2.03. The summed E-state index contributed by atoms with van der Waals surface area (Å²) in [6.45, 7) is 1.98. The molecule has 0 bridgehead atoms. The highest BCUT2D eigenvalue weighted by atomic mass is 32.2. The van der Waals surface area contributed by atoms with Crippen molar-refractivity contribution >= 4 is 29.3 Å². The van der Waals surface area contributed by atoms with Gasteiger partial charge in [0.1, 0.15) is 0 Å². The highest BCUT2D eigenvalue weighted by Gasteiger charge is 2.28. The maximum Gasteiger partial charge on any atom is 0.336 e. The van der Waals surface area contributed by atoms with Gasteiger partial charge >= 0.3 is 5.97 Å². The van der Waals surface area contributed by atoms with Crippen LogP contribution in [0.1, 0.15) is 19.8 Å². The quantitative estimate of drug-likeness (QED) is 0.634. The van der Waals surface area contributed by atoms with Gasteiger partial charge in [0.15, 0.2) is 12.2 Å². The molecule has 0 saturated carbocycles. The molecule has 1 fully saturated rings. The number of anilines is 1. The van der Waals surface area contributed by atoms with Gasteiger partial charge in [0.25, 0.3) is 11.7 Å². The van der Waals surface area contributed by atoms with Crippen LogP contribution >= 0.6 is 11.8 Å². The number of ether oxygens (including phenoxy) is 2. The summed E-state index contributed by atoms with van der Waals surface area (Å²) in [4.78, 5) is 24.1. The highest BCUT2D eigenvalue weighted by Crippen LogP contribution is 2.26. The number of benzene rings is 1. The molecule has 2 atom stereocenters. The van der Waals surface area contributed by atoms with E-state index < -0.39 is 29.8 Å². The van der Waals surface area contributed by atoms with Gasteiger partial charge in [0.05, 0.1) is 0 Å². The van der Waals surface area contributed by atoms with E-state index in [1.165, 1.54) is 31.2 Å². The number of hydrogen-bond donors (Lipinski definition) is 1. The first-order chi connectivity index (χ1) is 11.0. The zero-order valence-corrected chi connectivity index (χ0v) is 13.3. The van der Waals surface area contributed by atoms with Gasteiger partial charge in [-0.3, -0.25) is 4.79 Å². The van der Waals surface area contributed by atoms with E-state index in [9.17, 15) is 18.4 Å². The molecule has 1 N–H and O–H groups in total. The number of carbonyl (C=O) groups excluding carboxylic acids is 2. The Morgan fingerprint density at radius 1 is 1.35 bits per heavy atom. The maximum atomic E-state index is 12.2. The molecule has 0 radical (unpaired) electrons. The van der Waals surface area contributed by atoms with E-state index in [2.05, 4.69) is 5.32 Å². The van der Waals surface area contributed by atoms with Crippen molar-refractivity contribution < 1.29 is 27.8 Å². The molecule has 1 aromatic carbocycles. The van der Waals surface area contributed by atoms with Crippen molar-refractivity contribution in [2.45, 2.75) is 42.6 Å². The highest BCUT2D eigenvalue weighted by molar-refractivity contribution is 7.99. The van der Waals surface area contributed by atoms with Crippen LogP contribution in [-0.2, 0) is 19.1 Å². The summed E-state index contributed by atoms with van der Waals surface area (Å²) in [5.74, 6) is -3.54. The Morgan fingerprint density at radius 3 is 2.61 bits per heavy atom. The largest absolute Gasteiger partial charge is 0.451 e. The molecule has 126 valence electrons. The first-order valence-corrected chi connectivity index (χ1v) is 8.01. The number of halogens is 2. The minimum absolute atomic E-state index is 0.399. The summed E-state index contributed by atoms with van der Waals surface area (Å²) < 4.78 is 34.7. The van der Waals surface area contributed by atoms with Gasteiger partial charge in [0.2, 0.25) is 0 Å². The lowest BCUT2D eigenvalue weighted by molar-refractivity contribution is -0.162. The number of alkyl halides is 2. The fraction of sp³-hybridized carbons (Fsp3) is 0.467. The van der Waals surface area contributed by atoms with Crippen molar-refractivity contribution in [3.8, 4) is 0 Å². The number of esters is 1. The van der Waals surface area contributed by atoms with E-state index in [0.29, 0.717) is 35.4 Å². The third kappa shape index (κ3) is 5.47. The molecule has 1 amide bonds. The van der Waals surface area contributed by atoms with E-state index in [0.717, 1.165) is 6.42 Å². The monoisotopic (exact) mass is 345 g/mol. The van der Waals surface area contributed by atoms with Gasteiger partial charge in [-0.2, -0.15) is 8.78 Å². The van der Waals surface area contributed by atoms with E-state index >= 15 is 0 Å². The molecule has 1 aliphatic rings. The van der Waals surface area contributed by atoms with Crippen LogP contribution in [0.3, 0.4) is 0 Å². The Balaban J connectivity index is 1.84. The Morgan fingerprint density at radius 2 is 2.04 bits per heavy atom. The number of rotatable bonds is 6.